The molecule has 0 fully saturated rings. The van der Waals surface area contributed by atoms with Crippen LogP contribution >= 0.6 is 0 Å². The fraction of sp³-hybridized carbons (Fsp3) is 0.273. The summed E-state index contributed by atoms with van der Waals surface area (Å²) in [6.45, 7) is 3.12. The molecular formula is C11H13NO2. The third-order valence-electron chi connectivity index (χ3n) is 1.99. The van der Waals surface area contributed by atoms with Gasteiger partial charge in [-0.05, 0) is 26.0 Å². The van der Waals surface area contributed by atoms with E-state index in [0.717, 1.165) is 0 Å². The fourth-order valence-corrected chi connectivity index (χ4v) is 0.971. The van der Waals surface area contributed by atoms with Crippen LogP contribution in [-0.2, 0) is 4.79 Å². The van der Waals surface area contributed by atoms with E-state index in [2.05, 4.69) is 5.32 Å². The lowest BCUT2D eigenvalue weighted by Crippen LogP contribution is -2.37. The molecule has 1 aromatic rings. The molecule has 0 aliphatic carbocycles. The first-order chi connectivity index (χ1) is 6.61. The number of carbonyl (C=O) groups excluding carboxylic acids is 2. The Kier molecular flexibility index (Phi) is 3.40. The van der Waals surface area contributed by atoms with E-state index in [4.69, 9.17) is 0 Å². The van der Waals surface area contributed by atoms with Gasteiger partial charge in [-0.25, -0.2) is 0 Å². The van der Waals surface area contributed by atoms with Crippen molar-refractivity contribution in [1.29, 1.82) is 0 Å². The summed E-state index contributed by atoms with van der Waals surface area (Å²) in [5.74, 6) is -0.261. The van der Waals surface area contributed by atoms with E-state index >= 15 is 0 Å². The lowest BCUT2D eigenvalue weighted by Gasteiger charge is -2.09. The van der Waals surface area contributed by atoms with Gasteiger partial charge < -0.3 is 5.32 Å². The van der Waals surface area contributed by atoms with Gasteiger partial charge in [0.1, 0.15) is 0 Å². The van der Waals surface area contributed by atoms with Crippen LogP contribution in [0.5, 0.6) is 0 Å². The SMILES string of the molecule is CC(=O)[C@H](C)NC(=O)c1ccccc1. The Labute approximate surface area is 83.1 Å². The number of ketones is 1. The zero-order chi connectivity index (χ0) is 10.6. The van der Waals surface area contributed by atoms with Gasteiger partial charge in [-0.15, -0.1) is 0 Å². The Bertz CT molecular complexity index is 332. The van der Waals surface area contributed by atoms with E-state index < -0.39 is 6.04 Å². The molecule has 1 aromatic carbocycles. The van der Waals surface area contributed by atoms with Crippen LogP contribution in [0.4, 0.5) is 0 Å². The maximum absolute atomic E-state index is 11.5. The van der Waals surface area contributed by atoms with Crippen molar-refractivity contribution in [3.63, 3.8) is 0 Å². The van der Waals surface area contributed by atoms with Crippen LogP contribution < -0.4 is 5.32 Å². The average molecular weight is 191 g/mol. The molecule has 0 bridgehead atoms. The van der Waals surface area contributed by atoms with Crippen molar-refractivity contribution in [2.45, 2.75) is 19.9 Å². The number of hydrogen-bond acceptors (Lipinski definition) is 2. The first kappa shape index (κ1) is 10.4. The fourth-order valence-electron chi connectivity index (χ4n) is 0.971. The standard InChI is InChI=1S/C11H13NO2/c1-8(9(2)13)12-11(14)10-6-4-3-5-7-10/h3-8H,1-2H3,(H,12,14)/t8-/m0/s1. The van der Waals surface area contributed by atoms with E-state index in [1.165, 1.54) is 6.92 Å². The van der Waals surface area contributed by atoms with Crippen molar-refractivity contribution in [2.24, 2.45) is 0 Å². The van der Waals surface area contributed by atoms with Crippen LogP contribution in [0.3, 0.4) is 0 Å². The highest BCUT2D eigenvalue weighted by molar-refractivity contribution is 5.97. The minimum atomic E-state index is -0.428. The molecule has 1 rings (SSSR count). The highest BCUT2D eigenvalue weighted by Crippen LogP contribution is 1.98. The zero-order valence-electron chi connectivity index (χ0n) is 8.28. The summed E-state index contributed by atoms with van der Waals surface area (Å²) >= 11 is 0. The van der Waals surface area contributed by atoms with Gasteiger partial charge in [0, 0.05) is 5.56 Å². The molecule has 74 valence electrons. The molecule has 1 N–H and O–H groups in total. The molecule has 0 aliphatic rings. The molecule has 1 amide bonds. The van der Waals surface area contributed by atoms with Gasteiger partial charge in [0.2, 0.25) is 0 Å². The minimum absolute atomic E-state index is 0.0470. The monoisotopic (exact) mass is 191 g/mol. The Hall–Kier alpha value is -1.64. The number of Topliss-reactive ketones (excluding diaryl/α,β-unsaturated/α-hetero) is 1. The van der Waals surface area contributed by atoms with Gasteiger partial charge in [-0.2, -0.15) is 0 Å². The van der Waals surface area contributed by atoms with E-state index in [-0.39, 0.29) is 11.7 Å². The number of nitrogens with one attached hydrogen (secondary N) is 1. The van der Waals surface area contributed by atoms with Crippen molar-refractivity contribution in [3.05, 3.63) is 35.9 Å². The third kappa shape index (κ3) is 2.69. The van der Waals surface area contributed by atoms with Gasteiger partial charge >= 0.3 is 0 Å². The minimum Gasteiger partial charge on any atom is -0.343 e. The second-order valence-electron chi connectivity index (χ2n) is 3.17. The normalized spacial score (nSPS) is 11.9. The van der Waals surface area contributed by atoms with Crippen LogP contribution in [0.2, 0.25) is 0 Å². The quantitative estimate of drug-likeness (QED) is 0.784. The molecule has 0 aromatic heterocycles. The average Bonchev–Trinajstić information content (AvgIpc) is 2.19. The molecule has 14 heavy (non-hydrogen) atoms. The predicted molar refractivity (Wildman–Crippen MR) is 54.1 cm³/mol. The van der Waals surface area contributed by atoms with Gasteiger partial charge in [-0.3, -0.25) is 9.59 Å². The number of rotatable bonds is 3. The van der Waals surface area contributed by atoms with E-state index in [1.54, 1.807) is 31.2 Å². The summed E-state index contributed by atoms with van der Waals surface area (Å²) in [5.41, 5.74) is 0.570. The lowest BCUT2D eigenvalue weighted by atomic mass is 10.2. The number of amides is 1. The van der Waals surface area contributed by atoms with Crippen LogP contribution in [0.25, 0.3) is 0 Å². The van der Waals surface area contributed by atoms with Gasteiger partial charge in [0.25, 0.3) is 5.91 Å². The van der Waals surface area contributed by atoms with Gasteiger partial charge in [0.15, 0.2) is 5.78 Å². The van der Waals surface area contributed by atoms with Crippen molar-refractivity contribution in [2.75, 3.05) is 0 Å². The number of benzene rings is 1. The summed E-state index contributed by atoms with van der Waals surface area (Å²) in [5, 5.41) is 2.61. The van der Waals surface area contributed by atoms with Crippen LogP contribution in [0.1, 0.15) is 24.2 Å². The molecule has 0 spiro atoms. The molecule has 0 unspecified atom stereocenters. The molecule has 0 aliphatic heterocycles. The summed E-state index contributed by atoms with van der Waals surface area (Å²) < 4.78 is 0. The summed E-state index contributed by atoms with van der Waals surface area (Å²) in [6, 6.07) is 8.40. The van der Waals surface area contributed by atoms with Crippen LogP contribution in [0.15, 0.2) is 30.3 Å². The summed E-state index contributed by atoms with van der Waals surface area (Å²) in [7, 11) is 0. The van der Waals surface area contributed by atoms with Crippen molar-refractivity contribution in [3.8, 4) is 0 Å². The Balaban J connectivity index is 2.64. The smallest absolute Gasteiger partial charge is 0.251 e. The lowest BCUT2D eigenvalue weighted by molar-refractivity contribution is -0.118. The maximum Gasteiger partial charge on any atom is 0.251 e. The topological polar surface area (TPSA) is 46.2 Å². The second kappa shape index (κ2) is 4.56. The first-order valence-electron chi connectivity index (χ1n) is 4.47. The summed E-state index contributed by atoms with van der Waals surface area (Å²) in [6.07, 6.45) is 0. The van der Waals surface area contributed by atoms with E-state index in [0.29, 0.717) is 5.56 Å². The Morgan fingerprint density at radius 2 is 1.79 bits per heavy atom. The van der Waals surface area contributed by atoms with E-state index in [1.807, 2.05) is 6.07 Å². The van der Waals surface area contributed by atoms with Crippen LogP contribution in [-0.4, -0.2) is 17.7 Å². The van der Waals surface area contributed by atoms with Crippen LogP contribution in [0, 0.1) is 0 Å². The van der Waals surface area contributed by atoms with Gasteiger partial charge in [0.05, 0.1) is 6.04 Å². The number of carbonyl (C=O) groups is 2. The zero-order valence-corrected chi connectivity index (χ0v) is 8.28. The third-order valence-corrected chi connectivity index (χ3v) is 1.99. The molecule has 0 saturated carbocycles. The molecule has 3 heteroatoms. The Morgan fingerprint density at radius 1 is 1.21 bits per heavy atom. The first-order valence-corrected chi connectivity index (χ1v) is 4.47. The molecule has 0 heterocycles. The summed E-state index contributed by atoms with van der Waals surface area (Å²) in [4.78, 5) is 22.4. The highest BCUT2D eigenvalue weighted by Gasteiger charge is 2.11. The molecular weight excluding hydrogens is 178 g/mol. The van der Waals surface area contributed by atoms with Crippen molar-refractivity contribution < 1.29 is 9.59 Å². The van der Waals surface area contributed by atoms with Crippen molar-refractivity contribution in [1.82, 2.24) is 5.32 Å². The predicted octanol–water partition coefficient (Wildman–Crippen LogP) is 1.39. The van der Waals surface area contributed by atoms with Crippen molar-refractivity contribution >= 4 is 11.7 Å². The molecule has 1 atom stereocenters. The van der Waals surface area contributed by atoms with E-state index in [9.17, 15) is 9.59 Å². The molecule has 0 radical (unpaired) electrons. The Morgan fingerprint density at radius 3 is 2.29 bits per heavy atom. The highest BCUT2D eigenvalue weighted by atomic mass is 16.2. The molecule has 0 saturated heterocycles. The maximum atomic E-state index is 11.5. The largest absolute Gasteiger partial charge is 0.343 e. The second-order valence-corrected chi connectivity index (χ2v) is 3.17. The molecule has 3 nitrogen and oxygen atoms in total. The van der Waals surface area contributed by atoms with Gasteiger partial charge in [-0.1, -0.05) is 18.2 Å². The number of hydrogen-bond donors (Lipinski definition) is 1.